The number of rotatable bonds is 3. The van der Waals surface area contributed by atoms with Gasteiger partial charge in [0.05, 0.1) is 12.2 Å². The molecule has 0 heterocycles. The average Bonchev–Trinajstić information content (AvgIpc) is 2.27. The molecule has 0 bridgehead atoms. The molecule has 0 aliphatic rings. The second kappa shape index (κ2) is 6.45. The zero-order valence-electron chi connectivity index (χ0n) is 11.0. The number of azide groups is 1. The maximum Gasteiger partial charge on any atom is 0.412 e. The predicted molar refractivity (Wildman–Crippen MR) is 76.8 cm³/mol. The Morgan fingerprint density at radius 2 is 2.21 bits per heavy atom. The molecule has 6 nitrogen and oxygen atoms in total. The molecule has 19 heavy (non-hydrogen) atoms. The molecule has 1 N–H and O–H groups in total. The van der Waals surface area contributed by atoms with Gasteiger partial charge in [-0.25, -0.2) is 4.79 Å². The molecule has 0 aromatic heterocycles. The first-order chi connectivity index (χ1) is 8.81. The molecule has 0 fully saturated rings. The number of ether oxygens (including phenoxy) is 1. The Balaban J connectivity index is 2.82. The molecule has 1 rings (SSSR count). The van der Waals surface area contributed by atoms with Crippen molar-refractivity contribution >= 4 is 27.7 Å². The minimum absolute atomic E-state index is 0.229. The monoisotopic (exact) mass is 326 g/mol. The lowest BCUT2D eigenvalue weighted by Crippen LogP contribution is -2.27. The number of halogens is 1. The van der Waals surface area contributed by atoms with Crippen LogP contribution >= 0.6 is 15.9 Å². The van der Waals surface area contributed by atoms with Crippen LogP contribution < -0.4 is 5.32 Å². The predicted octanol–water partition coefficient (Wildman–Crippen LogP) is 4.61. The van der Waals surface area contributed by atoms with Gasteiger partial charge < -0.3 is 4.74 Å². The molecule has 102 valence electrons. The number of carbonyl (C=O) groups excluding carboxylic acids is 1. The van der Waals surface area contributed by atoms with Crippen molar-refractivity contribution in [3.05, 3.63) is 38.7 Å². The van der Waals surface area contributed by atoms with Gasteiger partial charge in [0, 0.05) is 9.38 Å². The summed E-state index contributed by atoms with van der Waals surface area (Å²) in [6.45, 7) is 5.60. The molecular formula is C12H15BrN4O2. The molecule has 1 aromatic rings. The number of anilines is 1. The van der Waals surface area contributed by atoms with E-state index < -0.39 is 11.7 Å². The first-order valence-corrected chi connectivity index (χ1v) is 6.40. The number of hydrogen-bond acceptors (Lipinski definition) is 3. The fourth-order valence-electron chi connectivity index (χ4n) is 1.29. The van der Waals surface area contributed by atoms with E-state index in [0.717, 1.165) is 10.0 Å². The van der Waals surface area contributed by atoms with Crippen molar-refractivity contribution in [2.24, 2.45) is 5.11 Å². The highest BCUT2D eigenvalue weighted by atomic mass is 79.9. The Morgan fingerprint density at radius 1 is 1.53 bits per heavy atom. The first-order valence-electron chi connectivity index (χ1n) is 5.61. The highest BCUT2D eigenvalue weighted by molar-refractivity contribution is 9.10. The first kappa shape index (κ1) is 15.3. The Morgan fingerprint density at radius 3 is 2.79 bits per heavy atom. The van der Waals surface area contributed by atoms with Crippen LogP contribution in [-0.2, 0) is 11.3 Å². The normalized spacial score (nSPS) is 10.5. The summed E-state index contributed by atoms with van der Waals surface area (Å²) in [5, 5.41) is 6.11. The van der Waals surface area contributed by atoms with Crippen molar-refractivity contribution in [1.82, 2.24) is 0 Å². The molecule has 0 saturated carbocycles. The zero-order valence-corrected chi connectivity index (χ0v) is 12.6. The third-order valence-electron chi connectivity index (χ3n) is 1.98. The Bertz CT molecular complexity index is 519. The Hall–Kier alpha value is -1.72. The van der Waals surface area contributed by atoms with Crippen LogP contribution in [0, 0.1) is 0 Å². The highest BCUT2D eigenvalue weighted by Gasteiger charge is 2.17. The standard InChI is InChI=1S/C12H15BrN4O2/c1-12(2,3)19-11(18)16-10-6-8(7-15-17-14)4-5-9(10)13/h4-6H,7H2,1-3H3,(H,16,18). The van der Waals surface area contributed by atoms with E-state index in [9.17, 15) is 4.79 Å². The molecule has 1 amide bonds. The lowest BCUT2D eigenvalue weighted by Gasteiger charge is -2.20. The minimum atomic E-state index is -0.556. The smallest absolute Gasteiger partial charge is 0.412 e. The molecule has 0 aliphatic heterocycles. The van der Waals surface area contributed by atoms with E-state index in [1.54, 1.807) is 39.0 Å². The quantitative estimate of drug-likeness (QED) is 0.499. The van der Waals surface area contributed by atoms with Gasteiger partial charge in [0.25, 0.3) is 0 Å². The maximum absolute atomic E-state index is 11.7. The summed E-state index contributed by atoms with van der Waals surface area (Å²) < 4.78 is 5.89. The van der Waals surface area contributed by atoms with Gasteiger partial charge in [-0.15, -0.1) is 0 Å². The molecule has 0 radical (unpaired) electrons. The average molecular weight is 327 g/mol. The molecule has 1 aromatic carbocycles. The Labute approximate surface area is 119 Å². The van der Waals surface area contributed by atoms with Gasteiger partial charge >= 0.3 is 6.09 Å². The second-order valence-electron chi connectivity index (χ2n) is 4.83. The summed E-state index contributed by atoms with van der Waals surface area (Å²) in [5.41, 5.74) is 9.10. The van der Waals surface area contributed by atoms with Crippen LogP contribution in [0.2, 0.25) is 0 Å². The number of nitrogens with one attached hydrogen (secondary N) is 1. The zero-order chi connectivity index (χ0) is 14.5. The van der Waals surface area contributed by atoms with E-state index in [1.807, 2.05) is 0 Å². The Kier molecular flexibility index (Phi) is 5.20. The van der Waals surface area contributed by atoms with Crippen LogP contribution in [0.1, 0.15) is 26.3 Å². The number of nitrogens with zero attached hydrogens (tertiary/aromatic N) is 3. The summed E-state index contributed by atoms with van der Waals surface area (Å²) in [5.74, 6) is 0. The van der Waals surface area contributed by atoms with E-state index in [-0.39, 0.29) is 6.54 Å². The summed E-state index contributed by atoms with van der Waals surface area (Å²) in [6, 6.07) is 5.30. The van der Waals surface area contributed by atoms with Gasteiger partial charge in [0.15, 0.2) is 0 Å². The fourth-order valence-corrected chi connectivity index (χ4v) is 1.64. The number of carbonyl (C=O) groups is 1. The van der Waals surface area contributed by atoms with Crippen LogP contribution in [0.5, 0.6) is 0 Å². The number of benzene rings is 1. The second-order valence-corrected chi connectivity index (χ2v) is 5.68. The van der Waals surface area contributed by atoms with Gasteiger partial charge in [-0.05, 0) is 59.9 Å². The minimum Gasteiger partial charge on any atom is -0.444 e. The third-order valence-corrected chi connectivity index (χ3v) is 2.67. The largest absolute Gasteiger partial charge is 0.444 e. The fraction of sp³-hybridized carbons (Fsp3) is 0.417. The summed E-state index contributed by atoms with van der Waals surface area (Å²) in [4.78, 5) is 14.4. The highest BCUT2D eigenvalue weighted by Crippen LogP contribution is 2.24. The van der Waals surface area contributed by atoms with E-state index in [2.05, 4.69) is 31.3 Å². The van der Waals surface area contributed by atoms with Crippen molar-refractivity contribution < 1.29 is 9.53 Å². The number of hydrogen-bond donors (Lipinski definition) is 1. The summed E-state index contributed by atoms with van der Waals surface area (Å²) in [6.07, 6.45) is -0.533. The van der Waals surface area contributed by atoms with Crippen molar-refractivity contribution in [3.63, 3.8) is 0 Å². The summed E-state index contributed by atoms with van der Waals surface area (Å²) in [7, 11) is 0. The lowest BCUT2D eigenvalue weighted by atomic mass is 10.2. The molecule has 0 atom stereocenters. The van der Waals surface area contributed by atoms with Crippen LogP contribution in [0.4, 0.5) is 10.5 Å². The van der Waals surface area contributed by atoms with Gasteiger partial charge in [-0.2, -0.15) is 0 Å². The molecule has 7 heteroatoms. The van der Waals surface area contributed by atoms with Gasteiger partial charge in [-0.1, -0.05) is 11.2 Å². The van der Waals surface area contributed by atoms with E-state index in [4.69, 9.17) is 10.3 Å². The molecule has 0 spiro atoms. The molecule has 0 aliphatic carbocycles. The van der Waals surface area contributed by atoms with Gasteiger partial charge in [0.2, 0.25) is 0 Å². The lowest BCUT2D eigenvalue weighted by molar-refractivity contribution is 0.0636. The van der Waals surface area contributed by atoms with Crippen molar-refractivity contribution in [3.8, 4) is 0 Å². The summed E-state index contributed by atoms with van der Waals surface area (Å²) >= 11 is 3.33. The van der Waals surface area contributed by atoms with Crippen molar-refractivity contribution in [2.45, 2.75) is 32.9 Å². The maximum atomic E-state index is 11.7. The topological polar surface area (TPSA) is 87.1 Å². The van der Waals surface area contributed by atoms with E-state index in [0.29, 0.717) is 5.69 Å². The van der Waals surface area contributed by atoms with Crippen LogP contribution in [0.15, 0.2) is 27.8 Å². The van der Waals surface area contributed by atoms with Crippen molar-refractivity contribution in [2.75, 3.05) is 5.32 Å². The molecular weight excluding hydrogens is 312 g/mol. The van der Waals surface area contributed by atoms with E-state index >= 15 is 0 Å². The van der Waals surface area contributed by atoms with Crippen LogP contribution in [-0.4, -0.2) is 11.7 Å². The van der Waals surface area contributed by atoms with Gasteiger partial charge in [-0.3, -0.25) is 5.32 Å². The third kappa shape index (κ3) is 5.63. The number of amides is 1. The van der Waals surface area contributed by atoms with Crippen LogP contribution in [0.3, 0.4) is 0 Å². The van der Waals surface area contributed by atoms with Gasteiger partial charge in [0.1, 0.15) is 5.60 Å². The van der Waals surface area contributed by atoms with E-state index in [1.165, 1.54) is 0 Å². The van der Waals surface area contributed by atoms with Crippen LogP contribution in [0.25, 0.3) is 10.4 Å². The molecule has 0 unspecified atom stereocenters. The SMILES string of the molecule is CC(C)(C)OC(=O)Nc1cc(CN=[N+]=[N-])ccc1Br. The molecule has 0 saturated heterocycles. The van der Waals surface area contributed by atoms with Crippen molar-refractivity contribution in [1.29, 1.82) is 0 Å².